The number of aromatic nitrogens is 1. The van der Waals surface area contributed by atoms with E-state index >= 15 is 0 Å². The van der Waals surface area contributed by atoms with Crippen molar-refractivity contribution in [3.63, 3.8) is 0 Å². The lowest BCUT2D eigenvalue weighted by Crippen LogP contribution is -2.42. The number of aryl methyl sites for hydroxylation is 1. The first-order chi connectivity index (χ1) is 12.7. The molecule has 0 saturated carbocycles. The van der Waals surface area contributed by atoms with Crippen LogP contribution in [0.15, 0.2) is 29.3 Å². The Morgan fingerprint density at radius 3 is 2.43 bits per heavy atom. The average molecular weight is 446 g/mol. The zero-order valence-electron chi connectivity index (χ0n) is 14.2. The lowest BCUT2D eigenvalue weighted by Gasteiger charge is -2.16. The second-order valence-corrected chi connectivity index (χ2v) is 7.85. The van der Waals surface area contributed by atoms with E-state index in [1.54, 1.807) is 0 Å². The smallest absolute Gasteiger partial charge is 0.345 e. The lowest BCUT2D eigenvalue weighted by molar-refractivity contribution is -0.147. The van der Waals surface area contributed by atoms with Crippen LogP contribution in [-0.2, 0) is 17.1 Å². The minimum absolute atomic E-state index is 0.376. The fraction of sp³-hybridized carbons (Fsp3) is 0.267. The normalized spacial score (nSPS) is 13.4. The lowest BCUT2D eigenvalue weighted by atomic mass is 10.2. The van der Waals surface area contributed by atoms with Gasteiger partial charge in [-0.15, -0.1) is 0 Å². The molecule has 2 aromatic rings. The number of nitrogens with one attached hydrogen (secondary N) is 2. The SMILES string of the molecule is CC(NS(=O)(=O)c1cc(C(=O)Nc2c(F)ccc(Cl)c2F)n(C)c1)C(F)(F)F. The van der Waals surface area contributed by atoms with E-state index in [4.69, 9.17) is 11.6 Å². The van der Waals surface area contributed by atoms with E-state index in [0.717, 1.165) is 29.0 Å². The highest BCUT2D eigenvalue weighted by atomic mass is 35.5. The molecule has 2 rings (SSSR count). The van der Waals surface area contributed by atoms with Crippen molar-refractivity contribution in [1.82, 2.24) is 9.29 Å². The number of halogens is 6. The summed E-state index contributed by atoms with van der Waals surface area (Å²) < 4.78 is 91.9. The van der Waals surface area contributed by atoms with Crippen LogP contribution in [0.3, 0.4) is 0 Å². The molecule has 0 fully saturated rings. The molecule has 2 N–H and O–H groups in total. The third kappa shape index (κ3) is 4.62. The van der Waals surface area contributed by atoms with E-state index in [-0.39, 0.29) is 5.69 Å². The molecular weight excluding hydrogens is 433 g/mol. The Hall–Kier alpha value is -2.18. The van der Waals surface area contributed by atoms with Crippen LogP contribution in [0.5, 0.6) is 0 Å². The number of rotatable bonds is 5. The number of amides is 1. The van der Waals surface area contributed by atoms with Gasteiger partial charge in [0.25, 0.3) is 5.91 Å². The number of carbonyl (C=O) groups is 1. The molecule has 0 aliphatic carbocycles. The van der Waals surface area contributed by atoms with Gasteiger partial charge in [0.05, 0.1) is 5.02 Å². The van der Waals surface area contributed by atoms with E-state index in [2.05, 4.69) is 0 Å². The third-order valence-electron chi connectivity index (χ3n) is 3.63. The highest BCUT2D eigenvalue weighted by molar-refractivity contribution is 7.89. The molecule has 1 aromatic heterocycles. The fourth-order valence-corrected chi connectivity index (χ4v) is 3.55. The summed E-state index contributed by atoms with van der Waals surface area (Å²) >= 11 is 5.52. The molecule has 1 atom stereocenters. The molecule has 0 aliphatic rings. The number of sulfonamides is 1. The minimum atomic E-state index is -4.82. The summed E-state index contributed by atoms with van der Waals surface area (Å²) in [6, 6.07) is 0.137. The van der Waals surface area contributed by atoms with Crippen LogP contribution in [-0.4, -0.2) is 31.1 Å². The first-order valence-corrected chi connectivity index (χ1v) is 9.30. The molecule has 0 bridgehead atoms. The predicted molar refractivity (Wildman–Crippen MR) is 90.6 cm³/mol. The van der Waals surface area contributed by atoms with Gasteiger partial charge in [0.1, 0.15) is 28.1 Å². The molecular formula is C15H13ClF5N3O3S. The standard InChI is InChI=1S/C15H13ClF5N3O3S/c1-7(15(19,20)21)23-28(26,27)8-5-11(24(2)6-8)14(25)22-13-10(17)4-3-9(16)12(13)18/h3-7,23H,1-2H3,(H,22,25). The van der Waals surface area contributed by atoms with Crippen molar-refractivity contribution in [1.29, 1.82) is 0 Å². The monoisotopic (exact) mass is 445 g/mol. The molecule has 1 aromatic carbocycles. The molecule has 0 radical (unpaired) electrons. The molecule has 0 aliphatic heterocycles. The number of hydrogen-bond acceptors (Lipinski definition) is 3. The van der Waals surface area contributed by atoms with Crippen molar-refractivity contribution in [2.45, 2.75) is 24.0 Å². The van der Waals surface area contributed by atoms with Gasteiger partial charge in [0, 0.05) is 13.2 Å². The van der Waals surface area contributed by atoms with Gasteiger partial charge in [-0.2, -0.15) is 17.9 Å². The summed E-state index contributed by atoms with van der Waals surface area (Å²) in [5.74, 6) is -3.47. The van der Waals surface area contributed by atoms with Crippen molar-refractivity contribution in [3.8, 4) is 0 Å². The highest BCUT2D eigenvalue weighted by Gasteiger charge is 2.39. The summed E-state index contributed by atoms with van der Waals surface area (Å²) in [4.78, 5) is 11.6. The van der Waals surface area contributed by atoms with E-state index in [1.807, 2.05) is 5.32 Å². The van der Waals surface area contributed by atoms with Crippen molar-refractivity contribution in [2.24, 2.45) is 7.05 Å². The van der Waals surface area contributed by atoms with Crippen LogP contribution < -0.4 is 10.0 Å². The molecule has 28 heavy (non-hydrogen) atoms. The quantitative estimate of drug-likeness (QED) is 0.546. The topological polar surface area (TPSA) is 80.2 Å². The number of carbonyl (C=O) groups excluding carboxylic acids is 1. The minimum Gasteiger partial charge on any atom is -0.345 e. The van der Waals surface area contributed by atoms with Crippen molar-refractivity contribution < 1.29 is 35.2 Å². The predicted octanol–water partition coefficient (Wildman–Crippen LogP) is 3.44. The van der Waals surface area contributed by atoms with Gasteiger partial charge in [-0.1, -0.05) is 11.6 Å². The summed E-state index contributed by atoms with van der Waals surface area (Å²) in [5.41, 5.74) is -1.23. The van der Waals surface area contributed by atoms with Gasteiger partial charge in [0.2, 0.25) is 10.0 Å². The van der Waals surface area contributed by atoms with E-state index < -0.39 is 55.4 Å². The summed E-state index contributed by atoms with van der Waals surface area (Å²) in [5, 5.41) is 1.46. The first-order valence-electron chi connectivity index (χ1n) is 7.44. The number of nitrogens with zero attached hydrogens (tertiary/aromatic N) is 1. The van der Waals surface area contributed by atoms with Crippen LogP contribution in [0.2, 0.25) is 5.02 Å². The number of anilines is 1. The Balaban J connectivity index is 2.32. The van der Waals surface area contributed by atoms with E-state index in [0.29, 0.717) is 6.92 Å². The van der Waals surface area contributed by atoms with E-state index in [9.17, 15) is 35.2 Å². The molecule has 6 nitrogen and oxygen atoms in total. The van der Waals surface area contributed by atoms with Gasteiger partial charge >= 0.3 is 6.18 Å². The zero-order chi connectivity index (χ0) is 21.4. The van der Waals surface area contributed by atoms with Crippen LogP contribution >= 0.6 is 11.6 Å². The Morgan fingerprint density at radius 2 is 1.86 bits per heavy atom. The molecule has 1 heterocycles. The second-order valence-electron chi connectivity index (χ2n) is 5.73. The maximum atomic E-state index is 13.9. The van der Waals surface area contributed by atoms with Crippen molar-refractivity contribution >= 4 is 33.2 Å². The molecule has 1 unspecified atom stereocenters. The Kier molecular flexibility index (Phi) is 6.07. The van der Waals surface area contributed by atoms with Gasteiger partial charge in [0.15, 0.2) is 5.82 Å². The summed E-state index contributed by atoms with van der Waals surface area (Å²) in [6.45, 7) is 0.610. The van der Waals surface area contributed by atoms with Gasteiger partial charge < -0.3 is 9.88 Å². The van der Waals surface area contributed by atoms with Gasteiger partial charge in [-0.25, -0.2) is 17.2 Å². The van der Waals surface area contributed by atoms with Gasteiger partial charge in [-0.05, 0) is 25.1 Å². The van der Waals surface area contributed by atoms with Crippen LogP contribution in [0, 0.1) is 11.6 Å². The number of hydrogen-bond donors (Lipinski definition) is 2. The fourth-order valence-electron chi connectivity index (χ4n) is 2.09. The summed E-state index contributed by atoms with van der Waals surface area (Å²) in [6.07, 6.45) is -3.94. The van der Waals surface area contributed by atoms with Crippen LogP contribution in [0.1, 0.15) is 17.4 Å². The first kappa shape index (κ1) is 22.1. The number of benzene rings is 1. The Bertz CT molecular complexity index is 1020. The molecule has 1 amide bonds. The molecule has 154 valence electrons. The van der Waals surface area contributed by atoms with Gasteiger partial charge in [-0.3, -0.25) is 4.79 Å². The molecule has 0 saturated heterocycles. The largest absolute Gasteiger partial charge is 0.404 e. The Morgan fingerprint density at radius 1 is 1.25 bits per heavy atom. The van der Waals surface area contributed by atoms with Crippen LogP contribution in [0.25, 0.3) is 0 Å². The third-order valence-corrected chi connectivity index (χ3v) is 5.43. The van der Waals surface area contributed by atoms with Crippen LogP contribution in [0.4, 0.5) is 27.6 Å². The average Bonchev–Trinajstić information content (AvgIpc) is 2.96. The maximum absolute atomic E-state index is 13.9. The summed E-state index contributed by atoms with van der Waals surface area (Å²) in [7, 11) is -3.39. The van der Waals surface area contributed by atoms with E-state index in [1.165, 1.54) is 11.8 Å². The number of alkyl halides is 3. The zero-order valence-corrected chi connectivity index (χ0v) is 15.8. The Labute approximate surface area is 161 Å². The maximum Gasteiger partial charge on any atom is 0.404 e. The highest BCUT2D eigenvalue weighted by Crippen LogP contribution is 2.27. The van der Waals surface area contributed by atoms with Crippen molar-refractivity contribution in [2.75, 3.05) is 5.32 Å². The van der Waals surface area contributed by atoms with Crippen molar-refractivity contribution in [3.05, 3.63) is 46.7 Å². The molecule has 13 heteroatoms. The molecule has 0 spiro atoms. The second kappa shape index (κ2) is 7.68.